The van der Waals surface area contributed by atoms with E-state index in [2.05, 4.69) is 44.9 Å². The van der Waals surface area contributed by atoms with Crippen LogP contribution in [0.5, 0.6) is 0 Å². The zero-order chi connectivity index (χ0) is 18.9. The zero-order valence-corrected chi connectivity index (χ0v) is 17.5. The van der Waals surface area contributed by atoms with Crippen LogP contribution in [0.15, 0.2) is 29.3 Å². The zero-order valence-electron chi connectivity index (χ0n) is 16.7. The second-order valence-corrected chi connectivity index (χ2v) is 7.62. The Morgan fingerprint density at radius 3 is 2.50 bits per heavy atom. The number of aliphatic imine (C=N–C) groups is 1. The first-order chi connectivity index (χ1) is 12.5. The van der Waals surface area contributed by atoms with Crippen LogP contribution in [0.1, 0.15) is 19.4 Å². The molecule has 1 heterocycles. The lowest BCUT2D eigenvalue weighted by Crippen LogP contribution is -2.48. The molecule has 0 spiro atoms. The van der Waals surface area contributed by atoms with Crippen LogP contribution in [0.3, 0.4) is 0 Å². The highest BCUT2D eigenvalue weighted by Crippen LogP contribution is 2.16. The summed E-state index contributed by atoms with van der Waals surface area (Å²) in [6.07, 6.45) is 0. The largest absolute Gasteiger partial charge is 0.356 e. The van der Waals surface area contributed by atoms with Gasteiger partial charge in [-0.3, -0.25) is 4.99 Å². The van der Waals surface area contributed by atoms with E-state index >= 15 is 0 Å². The Labute approximate surface area is 164 Å². The summed E-state index contributed by atoms with van der Waals surface area (Å²) in [6, 6.07) is 7.97. The molecule has 0 aromatic heterocycles. The number of nitrogens with one attached hydrogen (secondary N) is 1. The Morgan fingerprint density at radius 2 is 1.88 bits per heavy atom. The maximum atomic E-state index is 6.28. The highest BCUT2D eigenvalue weighted by atomic mass is 35.5. The smallest absolute Gasteiger partial charge is 0.193 e. The van der Waals surface area contributed by atoms with Gasteiger partial charge < -0.3 is 20.0 Å². The fourth-order valence-corrected chi connectivity index (χ4v) is 3.60. The van der Waals surface area contributed by atoms with E-state index in [0.717, 1.165) is 36.2 Å². The van der Waals surface area contributed by atoms with Crippen molar-refractivity contribution >= 4 is 17.6 Å². The minimum absolute atomic E-state index is 0.577. The molecule has 1 saturated heterocycles. The van der Waals surface area contributed by atoms with Gasteiger partial charge in [0.1, 0.15) is 0 Å². The van der Waals surface area contributed by atoms with Gasteiger partial charge in [-0.05, 0) is 24.1 Å². The van der Waals surface area contributed by atoms with E-state index in [1.165, 1.54) is 32.7 Å². The van der Waals surface area contributed by atoms with Crippen LogP contribution >= 0.6 is 11.6 Å². The molecule has 0 saturated carbocycles. The second kappa shape index (κ2) is 10.8. The van der Waals surface area contributed by atoms with E-state index in [1.54, 1.807) is 0 Å². The van der Waals surface area contributed by atoms with Gasteiger partial charge in [0, 0.05) is 64.9 Å². The first-order valence-electron chi connectivity index (χ1n) is 9.63. The number of hydrogen-bond acceptors (Lipinski definition) is 3. The third-order valence-corrected chi connectivity index (χ3v) is 5.40. The van der Waals surface area contributed by atoms with Crippen LogP contribution in [-0.2, 0) is 6.54 Å². The number of nitrogens with zero attached hydrogens (tertiary/aromatic N) is 4. The summed E-state index contributed by atoms with van der Waals surface area (Å²) in [4.78, 5) is 11.6. The van der Waals surface area contributed by atoms with E-state index in [4.69, 9.17) is 11.6 Å². The van der Waals surface area contributed by atoms with Crippen LogP contribution < -0.4 is 5.32 Å². The van der Waals surface area contributed by atoms with Gasteiger partial charge in [-0.25, -0.2) is 0 Å². The van der Waals surface area contributed by atoms with E-state index in [-0.39, 0.29) is 0 Å². The number of hydrogen-bond donors (Lipinski definition) is 1. The average molecular weight is 380 g/mol. The van der Waals surface area contributed by atoms with E-state index in [0.29, 0.717) is 5.92 Å². The van der Waals surface area contributed by atoms with Gasteiger partial charge >= 0.3 is 0 Å². The average Bonchev–Trinajstić information content (AvgIpc) is 2.64. The summed E-state index contributed by atoms with van der Waals surface area (Å²) in [5.41, 5.74) is 1.11. The van der Waals surface area contributed by atoms with Crippen molar-refractivity contribution in [3.63, 3.8) is 0 Å². The predicted molar refractivity (Wildman–Crippen MR) is 112 cm³/mol. The van der Waals surface area contributed by atoms with Gasteiger partial charge in [0.25, 0.3) is 0 Å². The fraction of sp³-hybridized carbons (Fsp3) is 0.650. The number of guanidine groups is 1. The SMILES string of the molecule is CCN1CCN(CC(C)CNC(=NC)N(C)Cc2ccccc2Cl)CC1. The Kier molecular flexibility index (Phi) is 8.69. The molecular weight excluding hydrogens is 346 g/mol. The van der Waals surface area contributed by atoms with E-state index in [9.17, 15) is 0 Å². The van der Waals surface area contributed by atoms with Crippen LogP contribution in [0, 0.1) is 5.92 Å². The van der Waals surface area contributed by atoms with Gasteiger partial charge in [-0.1, -0.05) is 43.6 Å². The van der Waals surface area contributed by atoms with Crippen molar-refractivity contribution in [3.05, 3.63) is 34.9 Å². The molecule has 0 amide bonds. The van der Waals surface area contributed by atoms with Gasteiger partial charge in [-0.15, -0.1) is 0 Å². The van der Waals surface area contributed by atoms with Crippen LogP contribution in [0.2, 0.25) is 5.02 Å². The van der Waals surface area contributed by atoms with Crippen LogP contribution in [0.4, 0.5) is 0 Å². The highest BCUT2D eigenvalue weighted by molar-refractivity contribution is 6.31. The standard InChI is InChI=1S/C20H34ClN5/c1-5-25-10-12-26(13-11-25)15-17(2)14-23-20(22-3)24(4)16-18-8-6-7-9-19(18)21/h6-9,17H,5,10-16H2,1-4H3,(H,22,23). The number of rotatable bonds is 7. The number of piperazine rings is 1. The lowest BCUT2D eigenvalue weighted by Gasteiger charge is -2.35. The molecule has 0 radical (unpaired) electrons. The third-order valence-electron chi connectivity index (χ3n) is 5.03. The molecule has 2 rings (SSSR count). The molecule has 1 unspecified atom stereocenters. The fourth-order valence-electron chi connectivity index (χ4n) is 3.40. The quantitative estimate of drug-likeness (QED) is 0.583. The molecular formula is C20H34ClN5. The summed E-state index contributed by atoms with van der Waals surface area (Å²) in [5, 5.41) is 4.31. The van der Waals surface area contributed by atoms with Crippen molar-refractivity contribution in [2.45, 2.75) is 20.4 Å². The maximum absolute atomic E-state index is 6.28. The predicted octanol–water partition coefficient (Wildman–Crippen LogP) is 2.62. The van der Waals surface area contributed by atoms with Crippen molar-refractivity contribution in [2.75, 3.05) is 59.9 Å². The molecule has 1 aromatic carbocycles. The molecule has 6 heteroatoms. The van der Waals surface area contributed by atoms with Crippen molar-refractivity contribution in [2.24, 2.45) is 10.9 Å². The van der Waals surface area contributed by atoms with Crippen LogP contribution in [0.25, 0.3) is 0 Å². The first-order valence-corrected chi connectivity index (χ1v) is 10.0. The van der Waals surface area contributed by atoms with Crippen molar-refractivity contribution in [1.82, 2.24) is 20.0 Å². The van der Waals surface area contributed by atoms with Gasteiger partial charge in [0.05, 0.1) is 0 Å². The molecule has 26 heavy (non-hydrogen) atoms. The molecule has 1 fully saturated rings. The highest BCUT2D eigenvalue weighted by Gasteiger charge is 2.18. The summed E-state index contributed by atoms with van der Waals surface area (Å²) >= 11 is 6.28. The molecule has 146 valence electrons. The Balaban J connectivity index is 1.76. The van der Waals surface area contributed by atoms with Gasteiger partial charge in [0.2, 0.25) is 0 Å². The van der Waals surface area contributed by atoms with Gasteiger partial charge in [-0.2, -0.15) is 0 Å². The molecule has 0 bridgehead atoms. The molecule has 1 atom stereocenters. The minimum Gasteiger partial charge on any atom is -0.356 e. The molecule has 1 aliphatic heterocycles. The number of benzene rings is 1. The first kappa shape index (κ1) is 21.0. The Hall–Kier alpha value is -1.30. The molecule has 5 nitrogen and oxygen atoms in total. The molecule has 1 N–H and O–H groups in total. The molecule has 0 aliphatic carbocycles. The van der Waals surface area contributed by atoms with Crippen molar-refractivity contribution in [1.29, 1.82) is 0 Å². The summed E-state index contributed by atoms with van der Waals surface area (Å²) in [6.45, 7) is 13.3. The summed E-state index contributed by atoms with van der Waals surface area (Å²) in [7, 11) is 3.88. The summed E-state index contributed by atoms with van der Waals surface area (Å²) < 4.78 is 0. The summed E-state index contributed by atoms with van der Waals surface area (Å²) in [5.74, 6) is 1.49. The lowest BCUT2D eigenvalue weighted by molar-refractivity contribution is 0.124. The Bertz CT molecular complexity index is 569. The normalized spacial score (nSPS) is 18.0. The third kappa shape index (κ3) is 6.45. The van der Waals surface area contributed by atoms with Crippen LogP contribution in [-0.4, -0.2) is 80.6 Å². The van der Waals surface area contributed by atoms with E-state index < -0.39 is 0 Å². The minimum atomic E-state index is 0.577. The molecule has 1 aliphatic rings. The maximum Gasteiger partial charge on any atom is 0.193 e. The van der Waals surface area contributed by atoms with Crippen molar-refractivity contribution in [3.8, 4) is 0 Å². The number of halogens is 1. The van der Waals surface area contributed by atoms with Gasteiger partial charge in [0.15, 0.2) is 5.96 Å². The van der Waals surface area contributed by atoms with Crippen molar-refractivity contribution < 1.29 is 0 Å². The molecule has 1 aromatic rings. The number of likely N-dealkylation sites (N-methyl/N-ethyl adjacent to an activating group) is 1. The lowest BCUT2D eigenvalue weighted by atomic mass is 10.1. The second-order valence-electron chi connectivity index (χ2n) is 7.22. The topological polar surface area (TPSA) is 34.1 Å². The Morgan fingerprint density at radius 1 is 1.23 bits per heavy atom. The van der Waals surface area contributed by atoms with E-state index in [1.807, 2.05) is 32.3 Å². The monoisotopic (exact) mass is 379 g/mol.